The average Bonchev–Trinajstić information content (AvgIpc) is 2.98. The molecule has 2 aromatic carbocycles. The van der Waals surface area contributed by atoms with Gasteiger partial charge in [0.15, 0.2) is 34.7 Å². The van der Waals surface area contributed by atoms with Gasteiger partial charge in [-0.15, -0.1) is 0 Å². The molecule has 7 N–H and O–H groups in total. The van der Waals surface area contributed by atoms with Gasteiger partial charge in [-0.2, -0.15) is 0 Å². The van der Waals surface area contributed by atoms with Crippen LogP contribution in [0.4, 0.5) is 16.2 Å². The van der Waals surface area contributed by atoms with Crippen LogP contribution >= 0.6 is 0 Å². The zero-order valence-corrected chi connectivity index (χ0v) is 26.0. The Morgan fingerprint density at radius 1 is 1.02 bits per heavy atom. The van der Waals surface area contributed by atoms with E-state index in [0.29, 0.717) is 16.8 Å². The molecule has 3 aliphatic rings. The Bertz CT molecular complexity index is 1720. The molecule has 5 unspecified atom stereocenters. The molecule has 3 amide bonds. The van der Waals surface area contributed by atoms with Crippen molar-refractivity contribution in [3.8, 4) is 5.75 Å². The highest BCUT2D eigenvalue weighted by atomic mass is 16.4. The van der Waals surface area contributed by atoms with Crippen molar-refractivity contribution in [1.82, 2.24) is 10.2 Å². The van der Waals surface area contributed by atoms with Crippen LogP contribution < -0.4 is 21.3 Å². The van der Waals surface area contributed by atoms with Gasteiger partial charge in [-0.3, -0.25) is 33.7 Å². The SMILES string of the molecule is CN(C)c1cc(NC(=O)C(NC(=O)O)c2ccccc2)c(O)c2c1CC1CC3[C@@H](N(C)C)C(=O)C(C(N)=O)C(=O)[C@]3(O)C(=O)C1C2=O. The summed E-state index contributed by atoms with van der Waals surface area (Å²) in [4.78, 5) is 95.3. The smallest absolute Gasteiger partial charge is 0.405 e. The Labute approximate surface area is 268 Å². The molecule has 15 heteroatoms. The lowest BCUT2D eigenvalue weighted by Crippen LogP contribution is -2.74. The standard InChI is InChI=1S/C32H35N5O10/c1-36(2)18-12-17(34-30(44)22(35-31(45)46)13-8-6-5-7-9-13)24(38)20-15(18)10-14-11-16-23(37(3)4)26(40)21(29(33)43)28(42)32(16,47)27(41)19(14)25(20)39/h5-9,12,14,16,19,21-23,35,38,47H,10-11H2,1-4H3,(H2,33,43)(H,34,44)(H,45,46)/t14?,16?,19?,21?,22?,23-,32-/m1/s1. The van der Waals surface area contributed by atoms with Gasteiger partial charge in [-0.1, -0.05) is 30.3 Å². The number of fused-ring (bicyclic) bond motifs is 3. The second-order valence-electron chi connectivity index (χ2n) is 12.6. The molecule has 0 aromatic heterocycles. The molecule has 0 spiro atoms. The molecule has 2 fully saturated rings. The molecule has 0 heterocycles. The topological polar surface area (TPSA) is 237 Å². The highest BCUT2D eigenvalue weighted by Gasteiger charge is 2.69. The first kappa shape index (κ1) is 33.2. The molecule has 0 saturated heterocycles. The quantitative estimate of drug-likeness (QED) is 0.170. The second kappa shape index (κ2) is 11.9. The fourth-order valence-corrected chi connectivity index (χ4v) is 7.42. The number of carboxylic acid groups (broad SMARTS) is 1. The Morgan fingerprint density at radius 3 is 2.21 bits per heavy atom. The van der Waals surface area contributed by atoms with E-state index >= 15 is 0 Å². The number of primary amides is 1. The number of rotatable bonds is 7. The molecule has 5 rings (SSSR count). The molecule has 7 atom stereocenters. The fraction of sp³-hybridized carbons (Fsp3) is 0.406. The van der Waals surface area contributed by atoms with E-state index in [0.717, 1.165) is 0 Å². The van der Waals surface area contributed by atoms with Gasteiger partial charge in [0.2, 0.25) is 5.91 Å². The number of carbonyl (C=O) groups excluding carboxylic acids is 6. The lowest BCUT2D eigenvalue weighted by molar-refractivity contribution is -0.181. The number of aliphatic hydroxyl groups is 1. The summed E-state index contributed by atoms with van der Waals surface area (Å²) in [7, 11) is 6.31. The minimum atomic E-state index is -2.88. The van der Waals surface area contributed by atoms with E-state index in [2.05, 4.69) is 10.6 Å². The number of Topliss-reactive ketones (excluding diaryl/α,β-unsaturated/α-hetero) is 4. The van der Waals surface area contributed by atoms with E-state index in [9.17, 15) is 48.9 Å². The first-order chi connectivity index (χ1) is 22.0. The number of ketones is 4. The molecular formula is C32H35N5O10. The van der Waals surface area contributed by atoms with Gasteiger partial charge >= 0.3 is 6.09 Å². The van der Waals surface area contributed by atoms with Crippen LogP contribution in [0.25, 0.3) is 0 Å². The zero-order valence-electron chi connectivity index (χ0n) is 26.0. The summed E-state index contributed by atoms with van der Waals surface area (Å²) in [6.45, 7) is 0. The van der Waals surface area contributed by atoms with E-state index in [1.807, 2.05) is 0 Å². The summed E-state index contributed by atoms with van der Waals surface area (Å²) < 4.78 is 0. The van der Waals surface area contributed by atoms with Crippen LogP contribution in [0.2, 0.25) is 0 Å². The van der Waals surface area contributed by atoms with E-state index in [4.69, 9.17) is 5.73 Å². The molecule has 0 bridgehead atoms. The molecule has 2 aromatic rings. The fourth-order valence-electron chi connectivity index (χ4n) is 7.42. The van der Waals surface area contributed by atoms with Crippen molar-refractivity contribution in [2.24, 2.45) is 29.4 Å². The van der Waals surface area contributed by atoms with Gasteiger partial charge in [0.1, 0.15) is 11.8 Å². The number of nitrogens with zero attached hydrogens (tertiary/aromatic N) is 2. The van der Waals surface area contributed by atoms with Crippen molar-refractivity contribution in [1.29, 1.82) is 0 Å². The number of aromatic hydroxyl groups is 1. The Morgan fingerprint density at radius 2 is 1.66 bits per heavy atom. The number of anilines is 2. The first-order valence-corrected chi connectivity index (χ1v) is 14.8. The minimum absolute atomic E-state index is 0.0222. The van der Waals surface area contributed by atoms with Crippen molar-refractivity contribution in [2.45, 2.75) is 30.5 Å². The van der Waals surface area contributed by atoms with Crippen molar-refractivity contribution >= 4 is 52.4 Å². The van der Waals surface area contributed by atoms with Crippen molar-refractivity contribution in [3.05, 3.63) is 53.1 Å². The van der Waals surface area contributed by atoms with Gasteiger partial charge < -0.3 is 36.6 Å². The maximum absolute atomic E-state index is 14.2. The third-order valence-electron chi connectivity index (χ3n) is 9.44. The van der Waals surface area contributed by atoms with Crippen molar-refractivity contribution in [3.63, 3.8) is 0 Å². The average molecular weight is 650 g/mol. The molecule has 47 heavy (non-hydrogen) atoms. The Balaban J connectivity index is 1.59. The van der Waals surface area contributed by atoms with Gasteiger partial charge in [0.05, 0.1) is 23.2 Å². The van der Waals surface area contributed by atoms with Crippen LogP contribution in [0.15, 0.2) is 36.4 Å². The number of phenolic OH excluding ortho intramolecular Hbond substituents is 1. The highest BCUT2D eigenvalue weighted by molar-refractivity contribution is 6.32. The van der Waals surface area contributed by atoms with Crippen molar-refractivity contribution < 1.29 is 48.9 Å². The summed E-state index contributed by atoms with van der Waals surface area (Å²) in [6, 6.07) is 6.72. The van der Waals surface area contributed by atoms with Gasteiger partial charge in [0, 0.05) is 25.7 Å². The van der Waals surface area contributed by atoms with Crippen molar-refractivity contribution in [2.75, 3.05) is 38.4 Å². The normalized spacial score (nSPS) is 27.3. The first-order valence-electron chi connectivity index (χ1n) is 14.8. The number of hydrogen-bond acceptors (Lipinski definition) is 11. The number of likely N-dealkylation sites (N-methyl/N-ethyl adjacent to an activating group) is 1. The number of nitrogens with two attached hydrogens (primary N) is 1. The highest BCUT2D eigenvalue weighted by Crippen LogP contribution is 2.52. The third kappa shape index (κ3) is 5.20. The largest absolute Gasteiger partial charge is 0.505 e. The Kier molecular flexibility index (Phi) is 8.41. The lowest BCUT2D eigenvalue weighted by Gasteiger charge is -2.52. The summed E-state index contributed by atoms with van der Waals surface area (Å²) in [6.07, 6.45) is -1.58. The second-order valence-corrected chi connectivity index (χ2v) is 12.6. The number of hydrogen-bond donors (Lipinski definition) is 6. The molecular weight excluding hydrogens is 614 g/mol. The van der Waals surface area contributed by atoms with Crippen LogP contribution in [0, 0.1) is 23.7 Å². The molecule has 0 radical (unpaired) electrons. The predicted octanol–water partition coefficient (Wildman–Crippen LogP) is -0.120. The summed E-state index contributed by atoms with van der Waals surface area (Å²) in [5.74, 6) is -13.0. The number of carbonyl (C=O) groups is 7. The zero-order chi connectivity index (χ0) is 34.7. The predicted molar refractivity (Wildman–Crippen MR) is 165 cm³/mol. The van der Waals surface area contributed by atoms with Crippen LogP contribution in [0.5, 0.6) is 5.75 Å². The number of benzene rings is 2. The lowest BCUT2D eigenvalue weighted by atomic mass is 9.52. The third-order valence-corrected chi connectivity index (χ3v) is 9.44. The van der Waals surface area contributed by atoms with E-state index in [-0.39, 0.29) is 24.1 Å². The van der Waals surface area contributed by atoms with E-state index in [1.54, 1.807) is 37.2 Å². The van der Waals surface area contributed by atoms with Crippen LogP contribution in [-0.2, 0) is 30.4 Å². The summed E-state index contributed by atoms with van der Waals surface area (Å²) in [5.41, 5.74) is 2.94. The minimum Gasteiger partial charge on any atom is -0.505 e. The molecule has 15 nitrogen and oxygen atoms in total. The van der Waals surface area contributed by atoms with Gasteiger partial charge in [-0.25, -0.2) is 4.79 Å². The molecule has 3 aliphatic carbocycles. The van der Waals surface area contributed by atoms with Gasteiger partial charge in [0.25, 0.3) is 5.91 Å². The molecule has 2 saturated carbocycles. The number of amides is 3. The van der Waals surface area contributed by atoms with E-state index in [1.165, 1.54) is 37.2 Å². The number of phenols is 1. The Hall–Kier alpha value is -5.15. The molecule has 0 aliphatic heterocycles. The molecule has 248 valence electrons. The van der Waals surface area contributed by atoms with Crippen LogP contribution in [0.3, 0.4) is 0 Å². The van der Waals surface area contributed by atoms with Gasteiger partial charge in [-0.05, 0) is 50.0 Å². The monoisotopic (exact) mass is 649 g/mol. The van der Waals surface area contributed by atoms with Crippen LogP contribution in [-0.4, -0.2) is 101 Å². The summed E-state index contributed by atoms with van der Waals surface area (Å²) in [5, 5.41) is 37.2. The number of nitrogens with one attached hydrogen (secondary N) is 2. The van der Waals surface area contributed by atoms with Crippen LogP contribution in [0.1, 0.15) is 33.9 Å². The maximum Gasteiger partial charge on any atom is 0.405 e. The maximum atomic E-state index is 14.2. The van der Waals surface area contributed by atoms with E-state index < -0.39 is 88.1 Å². The summed E-state index contributed by atoms with van der Waals surface area (Å²) >= 11 is 0.